The lowest BCUT2D eigenvalue weighted by atomic mass is 9.99. The zero-order valence-corrected chi connectivity index (χ0v) is 19.7. The standard InChI is InChI=1S/C20H34N4O3.HI/c1-4-15(5-2)17-12-16(27-23-17)13-22-20(21-6-3)24-9-11-26-19(14-24)18-8-7-10-25-18;/h12,15,18-19H,4-11,13-14H2,1-3H3,(H,21,22);1H. The first kappa shape index (κ1) is 23.4. The van der Waals surface area contributed by atoms with Gasteiger partial charge in [-0.25, -0.2) is 4.99 Å². The van der Waals surface area contributed by atoms with Gasteiger partial charge < -0.3 is 24.2 Å². The molecule has 1 aromatic heterocycles. The molecule has 1 aromatic rings. The Bertz CT molecular complexity index is 600. The van der Waals surface area contributed by atoms with Crippen molar-refractivity contribution in [3.8, 4) is 0 Å². The average molecular weight is 506 g/mol. The number of nitrogens with one attached hydrogen (secondary N) is 1. The van der Waals surface area contributed by atoms with Crippen LogP contribution in [0.1, 0.15) is 63.8 Å². The van der Waals surface area contributed by atoms with Gasteiger partial charge in [0.15, 0.2) is 11.7 Å². The predicted molar refractivity (Wildman–Crippen MR) is 120 cm³/mol. The minimum absolute atomic E-state index is 0. The molecule has 3 heterocycles. The van der Waals surface area contributed by atoms with E-state index in [0.717, 1.165) is 69.3 Å². The van der Waals surface area contributed by atoms with E-state index in [0.29, 0.717) is 19.1 Å². The summed E-state index contributed by atoms with van der Waals surface area (Å²) < 4.78 is 17.3. The van der Waals surface area contributed by atoms with Gasteiger partial charge in [0.2, 0.25) is 0 Å². The first-order valence-corrected chi connectivity index (χ1v) is 10.5. The maximum absolute atomic E-state index is 5.96. The topological polar surface area (TPSA) is 72.1 Å². The van der Waals surface area contributed by atoms with Crippen LogP contribution < -0.4 is 5.32 Å². The van der Waals surface area contributed by atoms with Crippen molar-refractivity contribution < 1.29 is 14.0 Å². The number of nitrogens with zero attached hydrogens (tertiary/aromatic N) is 3. The van der Waals surface area contributed by atoms with E-state index in [2.05, 4.69) is 42.2 Å². The summed E-state index contributed by atoms with van der Waals surface area (Å²) in [5.41, 5.74) is 1.04. The van der Waals surface area contributed by atoms with E-state index in [1.807, 2.05) is 0 Å². The van der Waals surface area contributed by atoms with Crippen LogP contribution in [0.25, 0.3) is 0 Å². The van der Waals surface area contributed by atoms with Crippen LogP contribution in [0.15, 0.2) is 15.6 Å². The lowest BCUT2D eigenvalue weighted by Gasteiger charge is -2.37. The average Bonchev–Trinajstić information content (AvgIpc) is 3.39. The fraction of sp³-hybridized carbons (Fsp3) is 0.800. The Hall–Kier alpha value is -0.870. The molecule has 2 aliphatic rings. The highest BCUT2D eigenvalue weighted by molar-refractivity contribution is 14.0. The Balaban J connectivity index is 0.00000280. The highest BCUT2D eigenvalue weighted by Gasteiger charge is 2.32. The Morgan fingerprint density at radius 2 is 2.04 bits per heavy atom. The van der Waals surface area contributed by atoms with Crippen LogP contribution in [-0.2, 0) is 16.0 Å². The van der Waals surface area contributed by atoms with E-state index in [4.69, 9.17) is 19.0 Å². The van der Waals surface area contributed by atoms with Gasteiger partial charge in [0.25, 0.3) is 0 Å². The number of aromatic nitrogens is 1. The van der Waals surface area contributed by atoms with Gasteiger partial charge in [0.1, 0.15) is 12.6 Å². The summed E-state index contributed by atoms with van der Waals surface area (Å²) in [7, 11) is 0. The van der Waals surface area contributed by atoms with Crippen LogP contribution >= 0.6 is 24.0 Å². The molecule has 2 saturated heterocycles. The summed E-state index contributed by atoms with van der Waals surface area (Å²) in [6.07, 6.45) is 4.70. The van der Waals surface area contributed by atoms with E-state index in [1.54, 1.807) is 0 Å². The van der Waals surface area contributed by atoms with Crippen LogP contribution in [0, 0.1) is 0 Å². The molecule has 0 spiro atoms. The molecule has 1 N–H and O–H groups in total. The monoisotopic (exact) mass is 506 g/mol. The third-order valence-electron chi connectivity index (χ3n) is 5.47. The van der Waals surface area contributed by atoms with E-state index in [9.17, 15) is 0 Å². The summed E-state index contributed by atoms with van der Waals surface area (Å²) >= 11 is 0. The van der Waals surface area contributed by atoms with Gasteiger partial charge in [-0.3, -0.25) is 0 Å². The molecule has 8 heteroatoms. The molecule has 0 saturated carbocycles. The highest BCUT2D eigenvalue weighted by atomic mass is 127. The number of hydrogen-bond donors (Lipinski definition) is 1. The number of hydrogen-bond acceptors (Lipinski definition) is 5. The van der Waals surface area contributed by atoms with Gasteiger partial charge in [-0.15, -0.1) is 24.0 Å². The predicted octanol–water partition coefficient (Wildman–Crippen LogP) is 3.54. The Labute approximate surface area is 185 Å². The summed E-state index contributed by atoms with van der Waals surface area (Å²) in [6, 6.07) is 2.05. The fourth-order valence-corrected chi connectivity index (χ4v) is 3.87. The zero-order chi connectivity index (χ0) is 19.1. The number of morpholine rings is 1. The molecule has 28 heavy (non-hydrogen) atoms. The first-order valence-electron chi connectivity index (χ1n) is 10.5. The lowest BCUT2D eigenvalue weighted by molar-refractivity contribution is -0.0817. The molecule has 0 aliphatic carbocycles. The normalized spacial score (nSPS) is 23.1. The lowest BCUT2D eigenvalue weighted by Crippen LogP contribution is -2.53. The van der Waals surface area contributed by atoms with E-state index in [1.165, 1.54) is 0 Å². The molecule has 160 valence electrons. The number of guanidine groups is 1. The molecule has 0 radical (unpaired) electrons. The van der Waals surface area contributed by atoms with E-state index >= 15 is 0 Å². The van der Waals surface area contributed by atoms with E-state index in [-0.39, 0.29) is 36.2 Å². The number of halogens is 1. The minimum atomic E-state index is 0. The summed E-state index contributed by atoms with van der Waals surface area (Å²) in [4.78, 5) is 7.07. The van der Waals surface area contributed by atoms with Crippen LogP contribution in [0.4, 0.5) is 0 Å². The molecule has 3 rings (SSSR count). The molecule has 0 aromatic carbocycles. The van der Waals surface area contributed by atoms with Crippen molar-refractivity contribution in [1.82, 2.24) is 15.4 Å². The quantitative estimate of drug-likeness (QED) is 0.347. The highest BCUT2D eigenvalue weighted by Crippen LogP contribution is 2.23. The fourth-order valence-electron chi connectivity index (χ4n) is 3.87. The van der Waals surface area contributed by atoms with Crippen molar-refractivity contribution in [3.63, 3.8) is 0 Å². The molecule has 2 unspecified atom stereocenters. The minimum Gasteiger partial charge on any atom is -0.375 e. The second kappa shape index (κ2) is 12.0. The molecule has 0 bridgehead atoms. The summed E-state index contributed by atoms with van der Waals surface area (Å²) in [5, 5.41) is 7.65. The first-order chi connectivity index (χ1) is 13.2. The largest absolute Gasteiger partial charge is 0.375 e. The van der Waals surface area contributed by atoms with Gasteiger partial charge in [-0.2, -0.15) is 0 Å². The molecule has 0 amide bonds. The maximum atomic E-state index is 5.96. The van der Waals surface area contributed by atoms with Crippen molar-refractivity contribution in [2.24, 2.45) is 4.99 Å². The van der Waals surface area contributed by atoms with Crippen molar-refractivity contribution in [3.05, 3.63) is 17.5 Å². The molecular weight excluding hydrogens is 471 g/mol. The van der Waals surface area contributed by atoms with Gasteiger partial charge in [-0.1, -0.05) is 19.0 Å². The van der Waals surface area contributed by atoms with Gasteiger partial charge in [-0.05, 0) is 32.6 Å². The molecule has 2 fully saturated rings. The molecule has 7 nitrogen and oxygen atoms in total. The number of rotatable bonds is 7. The second-order valence-electron chi connectivity index (χ2n) is 7.31. The Morgan fingerprint density at radius 3 is 2.71 bits per heavy atom. The summed E-state index contributed by atoms with van der Waals surface area (Å²) in [5.74, 6) is 2.19. The smallest absolute Gasteiger partial charge is 0.194 e. The van der Waals surface area contributed by atoms with E-state index < -0.39 is 0 Å². The van der Waals surface area contributed by atoms with Crippen molar-refractivity contribution >= 4 is 29.9 Å². The number of ether oxygens (including phenoxy) is 2. The van der Waals surface area contributed by atoms with Gasteiger partial charge >= 0.3 is 0 Å². The number of aliphatic imine (C=N–C) groups is 1. The third-order valence-corrected chi connectivity index (χ3v) is 5.47. The van der Waals surface area contributed by atoms with Crippen LogP contribution in [0.3, 0.4) is 0 Å². The Kier molecular flexibility index (Phi) is 10.0. The van der Waals surface area contributed by atoms with Gasteiger partial charge in [0, 0.05) is 38.2 Å². The maximum Gasteiger partial charge on any atom is 0.194 e. The second-order valence-corrected chi connectivity index (χ2v) is 7.31. The molecule has 2 aliphatic heterocycles. The van der Waals surface area contributed by atoms with Crippen LogP contribution in [0.2, 0.25) is 0 Å². The van der Waals surface area contributed by atoms with Crippen molar-refractivity contribution in [1.29, 1.82) is 0 Å². The third kappa shape index (κ3) is 6.06. The van der Waals surface area contributed by atoms with Crippen molar-refractivity contribution in [2.45, 2.75) is 71.1 Å². The van der Waals surface area contributed by atoms with Crippen molar-refractivity contribution in [2.75, 3.05) is 32.8 Å². The van der Waals surface area contributed by atoms with Crippen LogP contribution in [-0.4, -0.2) is 61.1 Å². The molecule has 2 atom stereocenters. The summed E-state index contributed by atoms with van der Waals surface area (Å²) in [6.45, 7) is 11.0. The zero-order valence-electron chi connectivity index (χ0n) is 17.4. The Morgan fingerprint density at radius 1 is 1.25 bits per heavy atom. The van der Waals surface area contributed by atoms with Gasteiger partial charge in [0.05, 0.1) is 18.4 Å². The SMILES string of the molecule is CCNC(=NCc1cc(C(CC)CC)no1)N1CCOC(C2CCCO2)C1.I. The molecular formula is C20H35IN4O3. The van der Waals surface area contributed by atoms with Crippen LogP contribution in [0.5, 0.6) is 0 Å².